The fraction of sp³-hybridized carbons (Fsp3) is 0.867. The van der Waals surface area contributed by atoms with Gasteiger partial charge in [-0.25, -0.2) is 4.79 Å². The van der Waals surface area contributed by atoms with Crippen molar-refractivity contribution in [2.45, 2.75) is 64.1 Å². The molecule has 0 aromatic carbocycles. The fourth-order valence-corrected chi connectivity index (χ4v) is 3.28. The molecule has 0 aromatic rings. The van der Waals surface area contributed by atoms with Crippen LogP contribution in [0.15, 0.2) is 0 Å². The summed E-state index contributed by atoms with van der Waals surface area (Å²) in [6.45, 7) is 7.04. The minimum absolute atomic E-state index is 0.145. The average Bonchev–Trinajstić information content (AvgIpc) is 3.12. The van der Waals surface area contributed by atoms with E-state index in [1.54, 1.807) is 0 Å². The predicted octanol–water partition coefficient (Wildman–Crippen LogP) is 2.01. The van der Waals surface area contributed by atoms with Gasteiger partial charge in [0.2, 0.25) is 5.91 Å². The van der Waals surface area contributed by atoms with E-state index in [0.717, 1.165) is 25.7 Å². The SMILES string of the molecule is CC(C)(C)OC(=O)N1[C@@H]2CC[C@H]1CN(C(=O)C1CC1)C2. The first-order chi connectivity index (χ1) is 9.35. The van der Waals surface area contributed by atoms with Crippen molar-refractivity contribution in [2.24, 2.45) is 5.92 Å². The van der Waals surface area contributed by atoms with Crippen molar-refractivity contribution in [3.05, 3.63) is 0 Å². The zero-order chi connectivity index (χ0) is 14.5. The van der Waals surface area contributed by atoms with Gasteiger partial charge in [-0.05, 0) is 46.5 Å². The highest BCUT2D eigenvalue weighted by Gasteiger charge is 2.47. The molecule has 0 radical (unpaired) electrons. The highest BCUT2D eigenvalue weighted by atomic mass is 16.6. The van der Waals surface area contributed by atoms with Gasteiger partial charge < -0.3 is 9.64 Å². The molecule has 3 rings (SSSR count). The molecule has 20 heavy (non-hydrogen) atoms. The summed E-state index contributed by atoms with van der Waals surface area (Å²) >= 11 is 0. The fourth-order valence-electron chi connectivity index (χ4n) is 3.28. The number of carbonyl (C=O) groups is 2. The zero-order valence-electron chi connectivity index (χ0n) is 12.6. The Bertz CT molecular complexity index is 411. The van der Waals surface area contributed by atoms with E-state index >= 15 is 0 Å². The Labute approximate surface area is 120 Å². The molecule has 2 amide bonds. The molecule has 1 saturated carbocycles. The maximum absolute atomic E-state index is 12.3. The summed E-state index contributed by atoms with van der Waals surface area (Å²) in [5.41, 5.74) is -0.461. The summed E-state index contributed by atoms with van der Waals surface area (Å²) in [6, 6.07) is 0.289. The average molecular weight is 280 g/mol. The van der Waals surface area contributed by atoms with Gasteiger partial charge in [0.15, 0.2) is 0 Å². The zero-order valence-corrected chi connectivity index (χ0v) is 12.6. The topological polar surface area (TPSA) is 49.9 Å². The van der Waals surface area contributed by atoms with Gasteiger partial charge in [0.1, 0.15) is 5.60 Å². The maximum Gasteiger partial charge on any atom is 0.410 e. The van der Waals surface area contributed by atoms with Gasteiger partial charge in [0, 0.05) is 19.0 Å². The van der Waals surface area contributed by atoms with Crippen molar-refractivity contribution < 1.29 is 14.3 Å². The third-order valence-electron chi connectivity index (χ3n) is 4.32. The van der Waals surface area contributed by atoms with E-state index in [2.05, 4.69) is 0 Å². The summed E-state index contributed by atoms with van der Waals surface area (Å²) in [7, 11) is 0. The first-order valence-electron chi connectivity index (χ1n) is 7.65. The van der Waals surface area contributed by atoms with Crippen molar-refractivity contribution in [1.29, 1.82) is 0 Å². The molecule has 0 N–H and O–H groups in total. The van der Waals surface area contributed by atoms with Crippen molar-refractivity contribution >= 4 is 12.0 Å². The van der Waals surface area contributed by atoms with E-state index in [9.17, 15) is 9.59 Å². The highest BCUT2D eigenvalue weighted by Crippen LogP contribution is 2.36. The lowest BCUT2D eigenvalue weighted by atomic mass is 10.1. The van der Waals surface area contributed by atoms with Crippen molar-refractivity contribution in [1.82, 2.24) is 9.80 Å². The van der Waals surface area contributed by atoms with Crippen LogP contribution in [0.2, 0.25) is 0 Å². The van der Waals surface area contributed by atoms with Crippen molar-refractivity contribution in [3.63, 3.8) is 0 Å². The summed E-state index contributed by atoms with van der Waals surface area (Å²) in [5, 5.41) is 0. The number of ether oxygens (including phenoxy) is 1. The number of hydrogen-bond acceptors (Lipinski definition) is 3. The number of carbonyl (C=O) groups excluding carboxylic acids is 2. The molecule has 0 aromatic heterocycles. The Kier molecular flexibility index (Phi) is 3.18. The van der Waals surface area contributed by atoms with Crippen LogP contribution in [0.25, 0.3) is 0 Å². The van der Waals surface area contributed by atoms with Crippen molar-refractivity contribution in [2.75, 3.05) is 13.1 Å². The molecule has 2 bridgehead atoms. The van der Waals surface area contributed by atoms with Crippen LogP contribution in [0, 0.1) is 5.92 Å². The summed E-state index contributed by atoms with van der Waals surface area (Å²) in [5.74, 6) is 0.563. The Morgan fingerprint density at radius 1 is 1.00 bits per heavy atom. The van der Waals surface area contributed by atoms with E-state index in [4.69, 9.17) is 4.74 Å². The van der Waals surface area contributed by atoms with E-state index < -0.39 is 5.60 Å². The molecule has 2 atom stereocenters. The minimum atomic E-state index is -0.461. The normalized spacial score (nSPS) is 29.6. The number of hydrogen-bond donors (Lipinski definition) is 0. The number of nitrogens with zero attached hydrogens (tertiary/aromatic N) is 2. The van der Waals surface area contributed by atoms with Crippen LogP contribution >= 0.6 is 0 Å². The number of amides is 2. The molecule has 1 aliphatic carbocycles. The summed E-state index contributed by atoms with van der Waals surface area (Å²) < 4.78 is 5.50. The van der Waals surface area contributed by atoms with Crippen LogP contribution in [0.4, 0.5) is 4.79 Å². The smallest absolute Gasteiger partial charge is 0.410 e. The molecule has 0 spiro atoms. The molecule has 2 heterocycles. The largest absolute Gasteiger partial charge is 0.444 e. The van der Waals surface area contributed by atoms with Crippen molar-refractivity contribution in [3.8, 4) is 0 Å². The molecule has 3 fully saturated rings. The van der Waals surface area contributed by atoms with E-state index in [0.29, 0.717) is 19.0 Å². The number of fused-ring (bicyclic) bond motifs is 2. The highest BCUT2D eigenvalue weighted by molar-refractivity contribution is 5.81. The number of rotatable bonds is 1. The Morgan fingerprint density at radius 3 is 2.00 bits per heavy atom. The summed E-state index contributed by atoms with van der Waals surface area (Å²) in [6.07, 6.45) is 3.83. The van der Waals surface area contributed by atoms with Crippen LogP contribution in [-0.4, -0.2) is 52.6 Å². The van der Waals surface area contributed by atoms with Gasteiger partial charge in [0.25, 0.3) is 0 Å². The third kappa shape index (κ3) is 2.63. The third-order valence-corrected chi connectivity index (χ3v) is 4.32. The molecular weight excluding hydrogens is 256 g/mol. The Balaban J connectivity index is 1.65. The van der Waals surface area contributed by atoms with Gasteiger partial charge in [-0.3, -0.25) is 9.69 Å². The predicted molar refractivity (Wildman–Crippen MR) is 74.2 cm³/mol. The Morgan fingerprint density at radius 2 is 1.55 bits per heavy atom. The molecule has 5 heteroatoms. The van der Waals surface area contributed by atoms with E-state index in [-0.39, 0.29) is 24.1 Å². The van der Waals surface area contributed by atoms with Gasteiger partial charge in [-0.15, -0.1) is 0 Å². The molecule has 3 aliphatic rings. The molecule has 2 aliphatic heterocycles. The maximum atomic E-state index is 12.3. The van der Waals surface area contributed by atoms with Gasteiger partial charge >= 0.3 is 6.09 Å². The molecule has 0 unspecified atom stereocenters. The lowest BCUT2D eigenvalue weighted by molar-refractivity contribution is -0.135. The molecule has 2 saturated heterocycles. The van der Waals surface area contributed by atoms with E-state index in [1.807, 2.05) is 30.6 Å². The lowest BCUT2D eigenvalue weighted by Crippen LogP contribution is -2.58. The second-order valence-electron chi connectivity index (χ2n) is 7.29. The molecular formula is C15H24N2O3. The van der Waals surface area contributed by atoms with Crippen LogP contribution in [-0.2, 0) is 9.53 Å². The van der Waals surface area contributed by atoms with Gasteiger partial charge in [-0.1, -0.05) is 0 Å². The molecule has 112 valence electrons. The summed E-state index contributed by atoms with van der Waals surface area (Å²) in [4.78, 5) is 28.3. The van der Waals surface area contributed by atoms with E-state index in [1.165, 1.54) is 0 Å². The quantitative estimate of drug-likeness (QED) is 0.738. The van der Waals surface area contributed by atoms with Gasteiger partial charge in [-0.2, -0.15) is 0 Å². The Hall–Kier alpha value is -1.26. The van der Waals surface area contributed by atoms with Crippen LogP contribution < -0.4 is 0 Å². The van der Waals surface area contributed by atoms with Crippen LogP contribution in [0.3, 0.4) is 0 Å². The molecule has 5 nitrogen and oxygen atoms in total. The first-order valence-corrected chi connectivity index (χ1v) is 7.65. The van der Waals surface area contributed by atoms with Crippen LogP contribution in [0.5, 0.6) is 0 Å². The monoisotopic (exact) mass is 280 g/mol. The number of likely N-dealkylation sites (tertiary alicyclic amines) is 1. The second-order valence-corrected chi connectivity index (χ2v) is 7.29. The number of piperazine rings is 1. The minimum Gasteiger partial charge on any atom is -0.444 e. The van der Waals surface area contributed by atoms with Gasteiger partial charge in [0.05, 0.1) is 12.1 Å². The standard InChI is InChI=1S/C15H24N2O3/c1-15(2,3)20-14(19)17-11-6-7-12(17)9-16(8-11)13(18)10-4-5-10/h10-12H,4-9H2,1-3H3/t11-,12+. The first kappa shape index (κ1) is 13.7. The van der Waals surface area contributed by atoms with Crippen LogP contribution in [0.1, 0.15) is 46.5 Å². The lowest BCUT2D eigenvalue weighted by Gasteiger charge is -2.41. The second kappa shape index (κ2) is 4.64.